The fraction of sp³-hybridized carbons (Fsp3) is 0.240. The lowest BCUT2D eigenvalue weighted by molar-refractivity contribution is 0.152. The molecule has 0 radical (unpaired) electrons. The van der Waals surface area contributed by atoms with E-state index >= 15 is 0 Å². The zero-order chi connectivity index (χ0) is 19.6. The van der Waals surface area contributed by atoms with Gasteiger partial charge in [0.05, 0.1) is 5.69 Å². The van der Waals surface area contributed by atoms with Crippen molar-refractivity contribution in [1.82, 2.24) is 15.3 Å². The van der Waals surface area contributed by atoms with Gasteiger partial charge in [0.25, 0.3) is 0 Å². The van der Waals surface area contributed by atoms with Crippen LogP contribution in [0.3, 0.4) is 0 Å². The standard InChI is InChI=1S/C25H25N3O/c29-28-25(21-7-2-1-3-8-21)24(20-12-14-26-15-13-20)23(27-28)17-18-10-11-19-6-4-5-9-22(19)16-18/h1-11,16,20,26,29H,12-15,17H2. The third-order valence-corrected chi connectivity index (χ3v) is 5.96. The molecule has 0 unspecified atom stereocenters. The molecule has 4 heteroatoms. The number of nitrogens with zero attached hydrogens (tertiary/aromatic N) is 2. The predicted molar refractivity (Wildman–Crippen MR) is 116 cm³/mol. The molecule has 29 heavy (non-hydrogen) atoms. The molecule has 0 bridgehead atoms. The summed E-state index contributed by atoms with van der Waals surface area (Å²) in [5, 5.41) is 21.3. The summed E-state index contributed by atoms with van der Waals surface area (Å²) >= 11 is 0. The Hall–Kier alpha value is -3.11. The first kappa shape index (κ1) is 18.0. The van der Waals surface area contributed by atoms with Crippen molar-refractivity contribution in [2.24, 2.45) is 0 Å². The highest BCUT2D eigenvalue weighted by Crippen LogP contribution is 2.37. The maximum atomic E-state index is 10.7. The molecule has 146 valence electrons. The Morgan fingerprint density at radius 1 is 0.897 bits per heavy atom. The number of piperidine rings is 1. The lowest BCUT2D eigenvalue weighted by Crippen LogP contribution is -2.27. The van der Waals surface area contributed by atoms with E-state index in [4.69, 9.17) is 0 Å². The molecule has 1 aliphatic heterocycles. The number of hydrogen-bond acceptors (Lipinski definition) is 3. The van der Waals surface area contributed by atoms with Gasteiger partial charge in [0.2, 0.25) is 0 Å². The first-order chi connectivity index (χ1) is 14.3. The number of hydrogen-bond donors (Lipinski definition) is 2. The van der Waals surface area contributed by atoms with Crippen LogP contribution in [0.25, 0.3) is 22.0 Å². The van der Waals surface area contributed by atoms with Crippen LogP contribution < -0.4 is 5.32 Å². The first-order valence-electron chi connectivity index (χ1n) is 10.3. The summed E-state index contributed by atoms with van der Waals surface area (Å²) in [5.41, 5.74) is 5.26. The van der Waals surface area contributed by atoms with Crippen LogP contribution in [0.5, 0.6) is 0 Å². The zero-order valence-corrected chi connectivity index (χ0v) is 16.4. The lowest BCUT2D eigenvalue weighted by Gasteiger charge is -2.24. The van der Waals surface area contributed by atoms with Crippen molar-refractivity contribution in [3.05, 3.63) is 89.6 Å². The van der Waals surface area contributed by atoms with Crippen LogP contribution in [-0.4, -0.2) is 28.2 Å². The van der Waals surface area contributed by atoms with Crippen molar-refractivity contribution in [2.75, 3.05) is 13.1 Å². The van der Waals surface area contributed by atoms with E-state index in [0.29, 0.717) is 5.92 Å². The second kappa shape index (κ2) is 7.72. The van der Waals surface area contributed by atoms with Crippen LogP contribution in [0.2, 0.25) is 0 Å². The monoisotopic (exact) mass is 383 g/mol. The fourth-order valence-electron chi connectivity index (χ4n) is 4.54. The third-order valence-electron chi connectivity index (χ3n) is 5.96. The molecule has 0 amide bonds. The van der Waals surface area contributed by atoms with Gasteiger partial charge < -0.3 is 10.5 Å². The molecule has 0 aliphatic carbocycles. The normalized spacial score (nSPS) is 15.0. The van der Waals surface area contributed by atoms with Crippen LogP contribution in [-0.2, 0) is 6.42 Å². The summed E-state index contributed by atoms with van der Waals surface area (Å²) in [5.74, 6) is 0.405. The molecule has 0 atom stereocenters. The van der Waals surface area contributed by atoms with Crippen LogP contribution in [0.4, 0.5) is 0 Å². The number of rotatable bonds is 4. The van der Waals surface area contributed by atoms with E-state index in [2.05, 4.69) is 52.9 Å². The minimum atomic E-state index is 0.405. The molecule has 1 aliphatic rings. The molecule has 5 rings (SSSR count). The molecule has 2 heterocycles. The summed E-state index contributed by atoms with van der Waals surface area (Å²) in [7, 11) is 0. The number of benzene rings is 3. The van der Waals surface area contributed by atoms with E-state index in [1.54, 1.807) is 0 Å². The predicted octanol–water partition coefficient (Wildman–Crippen LogP) is 5.00. The topological polar surface area (TPSA) is 50.1 Å². The summed E-state index contributed by atoms with van der Waals surface area (Å²) in [6.07, 6.45) is 2.85. The zero-order valence-electron chi connectivity index (χ0n) is 16.4. The largest absolute Gasteiger partial charge is 0.411 e. The molecule has 4 aromatic rings. The smallest absolute Gasteiger partial charge is 0.113 e. The molecule has 0 spiro atoms. The van der Waals surface area contributed by atoms with E-state index in [9.17, 15) is 5.21 Å². The van der Waals surface area contributed by atoms with Gasteiger partial charge in [0.15, 0.2) is 0 Å². The molecular formula is C25H25N3O. The minimum absolute atomic E-state index is 0.405. The Morgan fingerprint density at radius 2 is 1.62 bits per heavy atom. The lowest BCUT2D eigenvalue weighted by atomic mass is 9.85. The summed E-state index contributed by atoms with van der Waals surface area (Å²) in [6, 6.07) is 25.1. The Balaban J connectivity index is 1.59. The van der Waals surface area contributed by atoms with E-state index in [0.717, 1.165) is 54.1 Å². The quantitative estimate of drug-likeness (QED) is 0.488. The Morgan fingerprint density at radius 3 is 2.41 bits per heavy atom. The van der Waals surface area contributed by atoms with Gasteiger partial charge in [-0.1, -0.05) is 72.8 Å². The highest BCUT2D eigenvalue weighted by molar-refractivity contribution is 5.83. The van der Waals surface area contributed by atoms with Gasteiger partial charge in [-0.3, -0.25) is 0 Å². The van der Waals surface area contributed by atoms with Crippen LogP contribution in [0.15, 0.2) is 72.8 Å². The van der Waals surface area contributed by atoms with Crippen molar-refractivity contribution in [2.45, 2.75) is 25.2 Å². The average molecular weight is 383 g/mol. The first-order valence-corrected chi connectivity index (χ1v) is 10.3. The van der Waals surface area contributed by atoms with E-state index in [-0.39, 0.29) is 0 Å². The molecule has 3 aromatic carbocycles. The van der Waals surface area contributed by atoms with Gasteiger partial charge in [-0.15, -0.1) is 9.94 Å². The Bertz CT molecular complexity index is 1130. The highest BCUT2D eigenvalue weighted by atomic mass is 16.5. The van der Waals surface area contributed by atoms with Gasteiger partial charge in [0.1, 0.15) is 5.69 Å². The molecule has 1 fully saturated rings. The van der Waals surface area contributed by atoms with Gasteiger partial charge in [0, 0.05) is 17.5 Å². The summed E-state index contributed by atoms with van der Waals surface area (Å²) < 4.78 is 0. The average Bonchev–Trinajstić information content (AvgIpc) is 3.10. The number of aromatic nitrogens is 2. The number of fused-ring (bicyclic) bond motifs is 1. The maximum absolute atomic E-state index is 10.7. The second-order valence-corrected chi connectivity index (χ2v) is 7.85. The second-order valence-electron chi connectivity index (χ2n) is 7.85. The molecule has 1 saturated heterocycles. The van der Waals surface area contributed by atoms with Gasteiger partial charge in [-0.05, 0) is 48.2 Å². The summed E-state index contributed by atoms with van der Waals surface area (Å²) in [4.78, 5) is 1.10. The van der Waals surface area contributed by atoms with Crippen molar-refractivity contribution in [1.29, 1.82) is 0 Å². The van der Waals surface area contributed by atoms with Crippen LogP contribution in [0, 0.1) is 0 Å². The SMILES string of the molecule is On1nc(Cc2ccc3ccccc3c2)c(C2CCNCC2)c1-c1ccccc1. The fourth-order valence-corrected chi connectivity index (χ4v) is 4.54. The van der Waals surface area contributed by atoms with Gasteiger partial charge in [-0.2, -0.15) is 0 Å². The van der Waals surface area contributed by atoms with E-state index in [1.807, 2.05) is 30.3 Å². The van der Waals surface area contributed by atoms with Crippen molar-refractivity contribution >= 4 is 10.8 Å². The number of nitrogens with one attached hydrogen (secondary N) is 1. The van der Waals surface area contributed by atoms with Crippen LogP contribution >= 0.6 is 0 Å². The van der Waals surface area contributed by atoms with Crippen molar-refractivity contribution < 1.29 is 5.21 Å². The molecule has 0 saturated carbocycles. The third kappa shape index (κ3) is 3.52. The van der Waals surface area contributed by atoms with E-state index in [1.165, 1.54) is 21.9 Å². The minimum Gasteiger partial charge on any atom is -0.411 e. The van der Waals surface area contributed by atoms with Crippen molar-refractivity contribution in [3.63, 3.8) is 0 Å². The molecule has 2 N–H and O–H groups in total. The summed E-state index contributed by atoms with van der Waals surface area (Å²) in [6.45, 7) is 2.01. The maximum Gasteiger partial charge on any atom is 0.113 e. The molecule has 1 aromatic heterocycles. The Kier molecular flexibility index (Phi) is 4.78. The Labute approximate surface area is 170 Å². The van der Waals surface area contributed by atoms with Crippen LogP contribution in [0.1, 0.15) is 35.6 Å². The highest BCUT2D eigenvalue weighted by Gasteiger charge is 2.27. The molecular weight excluding hydrogens is 358 g/mol. The van der Waals surface area contributed by atoms with Gasteiger partial charge >= 0.3 is 0 Å². The van der Waals surface area contributed by atoms with Crippen molar-refractivity contribution in [3.8, 4) is 11.3 Å². The van der Waals surface area contributed by atoms with Gasteiger partial charge in [-0.25, -0.2) is 0 Å². The van der Waals surface area contributed by atoms with E-state index < -0.39 is 0 Å². The molecule has 4 nitrogen and oxygen atoms in total.